The fourth-order valence-corrected chi connectivity index (χ4v) is 4.81. The van der Waals surface area contributed by atoms with E-state index in [-0.39, 0.29) is 11.3 Å². The van der Waals surface area contributed by atoms with Gasteiger partial charge in [0, 0.05) is 36.8 Å². The van der Waals surface area contributed by atoms with Crippen LogP contribution in [0.3, 0.4) is 0 Å². The third kappa shape index (κ3) is 5.64. The normalized spacial score (nSPS) is 20.1. The zero-order valence-electron chi connectivity index (χ0n) is 20.4. The number of nitrogens with zero attached hydrogens (tertiary/aromatic N) is 2. The second-order valence-corrected chi connectivity index (χ2v) is 9.36. The summed E-state index contributed by atoms with van der Waals surface area (Å²) in [5.41, 5.74) is 2.00. The number of carbonyl (C=O) groups is 2. The highest BCUT2D eigenvalue weighted by Gasteiger charge is 2.46. The van der Waals surface area contributed by atoms with E-state index in [1.807, 2.05) is 6.92 Å². The molecule has 190 valence electrons. The van der Waals surface area contributed by atoms with E-state index < -0.39 is 17.7 Å². The quantitative estimate of drug-likeness (QED) is 0.234. The summed E-state index contributed by atoms with van der Waals surface area (Å²) in [6.07, 6.45) is 2.35. The lowest BCUT2D eigenvalue weighted by atomic mass is 9.94. The molecule has 2 aromatic carbocycles. The summed E-state index contributed by atoms with van der Waals surface area (Å²) in [5.74, 6) is -0.870. The highest BCUT2D eigenvalue weighted by atomic mass is 35.5. The van der Waals surface area contributed by atoms with Crippen LogP contribution in [0.15, 0.2) is 60.7 Å². The Morgan fingerprint density at radius 1 is 1.17 bits per heavy atom. The molecule has 0 spiro atoms. The molecule has 7 nitrogen and oxygen atoms in total. The second kappa shape index (κ2) is 11.7. The Morgan fingerprint density at radius 3 is 2.56 bits per heavy atom. The van der Waals surface area contributed by atoms with E-state index in [4.69, 9.17) is 21.1 Å². The number of ketones is 1. The summed E-state index contributed by atoms with van der Waals surface area (Å²) < 4.78 is 11.0. The number of rotatable bonds is 9. The number of ether oxygens (including phenoxy) is 2. The van der Waals surface area contributed by atoms with E-state index in [9.17, 15) is 14.7 Å². The fourth-order valence-electron chi connectivity index (χ4n) is 4.68. The SMILES string of the molecule is C=CCOc1ccc(C(O)=C2C(=O)C(=O)N(CCCN3CCOCC3)[C@@H]2c2ccc(Cl)cc2)c(C)c1. The largest absolute Gasteiger partial charge is 0.507 e. The minimum absolute atomic E-state index is 0.0801. The number of Topliss-reactive ketones (excluding diaryl/α,β-unsaturated/α-hetero) is 1. The van der Waals surface area contributed by atoms with Gasteiger partial charge in [0.05, 0.1) is 24.8 Å². The number of morpholine rings is 1. The maximum absolute atomic E-state index is 13.3. The number of benzene rings is 2. The highest BCUT2D eigenvalue weighted by Crippen LogP contribution is 2.40. The smallest absolute Gasteiger partial charge is 0.295 e. The van der Waals surface area contributed by atoms with E-state index in [2.05, 4.69) is 11.5 Å². The molecule has 2 heterocycles. The van der Waals surface area contributed by atoms with Gasteiger partial charge in [-0.3, -0.25) is 14.5 Å². The van der Waals surface area contributed by atoms with Crippen molar-refractivity contribution in [2.24, 2.45) is 0 Å². The number of halogens is 1. The third-order valence-electron chi connectivity index (χ3n) is 6.52. The van der Waals surface area contributed by atoms with Gasteiger partial charge in [0.15, 0.2) is 0 Å². The molecule has 2 aliphatic rings. The van der Waals surface area contributed by atoms with Crippen LogP contribution in [0.5, 0.6) is 5.75 Å². The standard InChI is InChI=1S/C28H31ClN2O5/c1-3-15-36-22-9-10-23(19(2)18-22)26(32)24-25(20-5-7-21(29)8-6-20)31(28(34)27(24)33)12-4-11-30-13-16-35-17-14-30/h3,5-10,18,25,32H,1,4,11-17H2,2H3/t25-/m1/s1. The maximum atomic E-state index is 13.3. The lowest BCUT2D eigenvalue weighted by molar-refractivity contribution is -0.140. The summed E-state index contributed by atoms with van der Waals surface area (Å²) in [6.45, 7) is 10.1. The van der Waals surface area contributed by atoms with Crippen LogP contribution < -0.4 is 4.74 Å². The van der Waals surface area contributed by atoms with Crippen molar-refractivity contribution in [2.75, 3.05) is 46.0 Å². The first kappa shape index (κ1) is 25.9. The molecule has 4 rings (SSSR count). The number of aliphatic hydroxyl groups excluding tert-OH is 1. The van der Waals surface area contributed by atoms with Crippen molar-refractivity contribution in [1.82, 2.24) is 9.80 Å². The van der Waals surface area contributed by atoms with Gasteiger partial charge in [-0.05, 0) is 54.8 Å². The summed E-state index contributed by atoms with van der Waals surface area (Å²) in [7, 11) is 0. The predicted octanol–water partition coefficient (Wildman–Crippen LogP) is 4.36. The number of carbonyl (C=O) groups excluding carboxylic acids is 2. The molecule has 0 saturated carbocycles. The van der Waals surface area contributed by atoms with Gasteiger partial charge < -0.3 is 19.5 Å². The molecule has 0 bridgehead atoms. The van der Waals surface area contributed by atoms with E-state index in [1.165, 1.54) is 0 Å². The molecule has 2 aliphatic heterocycles. The summed E-state index contributed by atoms with van der Waals surface area (Å²) in [6, 6.07) is 11.5. The van der Waals surface area contributed by atoms with Crippen LogP contribution >= 0.6 is 11.6 Å². The van der Waals surface area contributed by atoms with Gasteiger partial charge in [-0.15, -0.1) is 0 Å². The number of hydrogen-bond donors (Lipinski definition) is 1. The Bertz CT molecular complexity index is 1160. The van der Waals surface area contributed by atoms with Gasteiger partial charge in [0.1, 0.15) is 18.1 Å². The van der Waals surface area contributed by atoms with Crippen molar-refractivity contribution in [3.05, 3.63) is 82.4 Å². The molecule has 2 saturated heterocycles. The molecule has 0 aromatic heterocycles. The van der Waals surface area contributed by atoms with Gasteiger partial charge in [0.2, 0.25) is 0 Å². The molecule has 0 radical (unpaired) electrons. The van der Waals surface area contributed by atoms with E-state index in [0.717, 1.165) is 30.8 Å². The van der Waals surface area contributed by atoms with Crippen molar-refractivity contribution in [2.45, 2.75) is 19.4 Å². The first-order chi connectivity index (χ1) is 17.4. The minimum Gasteiger partial charge on any atom is -0.507 e. The van der Waals surface area contributed by atoms with Gasteiger partial charge in [-0.2, -0.15) is 0 Å². The van der Waals surface area contributed by atoms with Crippen LogP contribution in [0, 0.1) is 6.92 Å². The van der Waals surface area contributed by atoms with Gasteiger partial charge >= 0.3 is 0 Å². The van der Waals surface area contributed by atoms with E-state index >= 15 is 0 Å². The third-order valence-corrected chi connectivity index (χ3v) is 6.78. The Labute approximate surface area is 216 Å². The molecule has 1 amide bonds. The Kier molecular flexibility index (Phi) is 8.46. The molecule has 2 aromatic rings. The number of amides is 1. The molecule has 1 atom stereocenters. The van der Waals surface area contributed by atoms with Crippen molar-refractivity contribution < 1.29 is 24.2 Å². The zero-order chi connectivity index (χ0) is 25.7. The predicted molar refractivity (Wildman–Crippen MR) is 139 cm³/mol. The molecule has 0 aliphatic carbocycles. The van der Waals surface area contributed by atoms with E-state index in [1.54, 1.807) is 53.4 Å². The van der Waals surface area contributed by atoms with Crippen LogP contribution in [-0.2, 0) is 14.3 Å². The fraction of sp³-hybridized carbons (Fsp3) is 0.357. The Hall–Kier alpha value is -3.13. The van der Waals surface area contributed by atoms with Crippen LogP contribution in [0.1, 0.15) is 29.2 Å². The molecule has 2 fully saturated rings. The van der Waals surface area contributed by atoms with Crippen LogP contribution in [0.25, 0.3) is 5.76 Å². The molecule has 8 heteroatoms. The van der Waals surface area contributed by atoms with E-state index in [0.29, 0.717) is 49.1 Å². The number of aliphatic hydroxyl groups is 1. The molecule has 0 unspecified atom stereocenters. The molecule has 1 N–H and O–H groups in total. The van der Waals surface area contributed by atoms with Crippen molar-refractivity contribution in [3.63, 3.8) is 0 Å². The summed E-state index contributed by atoms with van der Waals surface area (Å²) in [4.78, 5) is 30.3. The van der Waals surface area contributed by atoms with Crippen LogP contribution in [0.2, 0.25) is 5.02 Å². The van der Waals surface area contributed by atoms with Crippen LogP contribution in [-0.4, -0.2) is 72.6 Å². The highest BCUT2D eigenvalue weighted by molar-refractivity contribution is 6.46. The average Bonchev–Trinajstić information content (AvgIpc) is 3.13. The lowest BCUT2D eigenvalue weighted by Gasteiger charge is -2.29. The average molecular weight is 511 g/mol. The van der Waals surface area contributed by atoms with Crippen molar-refractivity contribution in [1.29, 1.82) is 0 Å². The maximum Gasteiger partial charge on any atom is 0.295 e. The molecular formula is C28H31ClN2O5. The second-order valence-electron chi connectivity index (χ2n) is 8.93. The molecule has 36 heavy (non-hydrogen) atoms. The number of aryl methyl sites for hydroxylation is 1. The Balaban J connectivity index is 1.67. The van der Waals surface area contributed by atoms with Gasteiger partial charge in [0.25, 0.3) is 11.7 Å². The van der Waals surface area contributed by atoms with Crippen molar-refractivity contribution >= 4 is 29.1 Å². The molecular weight excluding hydrogens is 480 g/mol. The zero-order valence-corrected chi connectivity index (χ0v) is 21.2. The summed E-state index contributed by atoms with van der Waals surface area (Å²) in [5, 5.41) is 11.9. The number of likely N-dealkylation sites (tertiary alicyclic amines) is 1. The lowest BCUT2D eigenvalue weighted by Crippen LogP contribution is -2.38. The monoisotopic (exact) mass is 510 g/mol. The van der Waals surface area contributed by atoms with Crippen LogP contribution in [0.4, 0.5) is 0 Å². The Morgan fingerprint density at radius 2 is 1.89 bits per heavy atom. The number of hydrogen-bond acceptors (Lipinski definition) is 6. The first-order valence-corrected chi connectivity index (χ1v) is 12.5. The topological polar surface area (TPSA) is 79.3 Å². The van der Waals surface area contributed by atoms with Gasteiger partial charge in [-0.25, -0.2) is 0 Å². The minimum atomic E-state index is -0.706. The summed E-state index contributed by atoms with van der Waals surface area (Å²) >= 11 is 6.11. The van der Waals surface area contributed by atoms with Crippen molar-refractivity contribution in [3.8, 4) is 5.75 Å². The first-order valence-electron chi connectivity index (χ1n) is 12.1. The van der Waals surface area contributed by atoms with Gasteiger partial charge in [-0.1, -0.05) is 36.4 Å².